The smallest absolute Gasteiger partial charge is 0.0326 e. The zero-order chi connectivity index (χ0) is 11.4. The van der Waals surface area contributed by atoms with Crippen molar-refractivity contribution in [2.75, 3.05) is 0 Å². The van der Waals surface area contributed by atoms with E-state index in [0.29, 0.717) is 0 Å². The molecular weight excluding hydrogens is 192 g/mol. The summed E-state index contributed by atoms with van der Waals surface area (Å²) in [5, 5.41) is 2.62. The largest absolute Gasteiger partial charge is 0.0982 e. The minimum Gasteiger partial charge on any atom is -0.0982 e. The normalized spacial score (nSPS) is 9.88. The topological polar surface area (TPSA) is 0 Å². The lowest BCUT2D eigenvalue weighted by molar-refractivity contribution is 1.16. The van der Waals surface area contributed by atoms with Crippen LogP contribution in [-0.4, -0.2) is 0 Å². The van der Waals surface area contributed by atoms with E-state index < -0.39 is 0 Å². The zero-order valence-electron chi connectivity index (χ0n) is 9.88. The van der Waals surface area contributed by atoms with E-state index >= 15 is 0 Å². The second kappa shape index (κ2) is 4.86. The van der Waals surface area contributed by atoms with Gasteiger partial charge in [-0.1, -0.05) is 56.0 Å². The minimum atomic E-state index is 0.907. The average Bonchev–Trinajstić information content (AvgIpc) is 2.35. The van der Waals surface area contributed by atoms with Crippen LogP contribution in [0, 0.1) is 11.8 Å². The summed E-state index contributed by atoms with van der Waals surface area (Å²) in [4.78, 5) is 0. The van der Waals surface area contributed by atoms with Crippen molar-refractivity contribution in [2.24, 2.45) is 0 Å². The molecule has 0 fully saturated rings. The lowest BCUT2D eigenvalue weighted by Gasteiger charge is -2.06. The van der Waals surface area contributed by atoms with Crippen molar-refractivity contribution in [1.82, 2.24) is 0 Å². The van der Waals surface area contributed by atoms with Crippen molar-refractivity contribution in [3.63, 3.8) is 0 Å². The van der Waals surface area contributed by atoms with Crippen molar-refractivity contribution < 1.29 is 0 Å². The monoisotopic (exact) mass is 208 g/mol. The number of rotatable bonds is 1. The summed E-state index contributed by atoms with van der Waals surface area (Å²) in [6.45, 7) is 4.28. The lowest BCUT2D eigenvalue weighted by Crippen LogP contribution is -1.87. The van der Waals surface area contributed by atoms with E-state index in [4.69, 9.17) is 0 Å². The Bertz CT molecular complexity index is 548. The Morgan fingerprint density at radius 1 is 1.00 bits per heavy atom. The fourth-order valence-corrected chi connectivity index (χ4v) is 2.00. The molecule has 0 spiro atoms. The number of aryl methyl sites for hydroxylation is 1. The molecule has 0 unspecified atom stereocenters. The van der Waals surface area contributed by atoms with Crippen molar-refractivity contribution in [1.29, 1.82) is 0 Å². The summed E-state index contributed by atoms with van der Waals surface area (Å²) in [5.41, 5.74) is 2.55. The van der Waals surface area contributed by atoms with Gasteiger partial charge in [-0.2, -0.15) is 0 Å². The van der Waals surface area contributed by atoms with Gasteiger partial charge < -0.3 is 0 Å². The summed E-state index contributed by atoms with van der Waals surface area (Å²) in [7, 11) is 0. The Balaban J connectivity index is 2.73. The highest BCUT2D eigenvalue weighted by Crippen LogP contribution is 2.22. The molecule has 80 valence electrons. The van der Waals surface area contributed by atoms with Gasteiger partial charge in [0.25, 0.3) is 0 Å². The van der Waals surface area contributed by atoms with Gasteiger partial charge in [0.1, 0.15) is 0 Å². The van der Waals surface area contributed by atoms with Gasteiger partial charge in [-0.05, 0) is 23.4 Å². The summed E-state index contributed by atoms with van der Waals surface area (Å²) in [5.74, 6) is 6.42. The Hall–Kier alpha value is -1.74. The summed E-state index contributed by atoms with van der Waals surface area (Å²) < 4.78 is 0. The minimum absolute atomic E-state index is 0.907. The van der Waals surface area contributed by atoms with Gasteiger partial charge >= 0.3 is 0 Å². The van der Waals surface area contributed by atoms with Gasteiger partial charge in [0.05, 0.1) is 0 Å². The van der Waals surface area contributed by atoms with Crippen molar-refractivity contribution in [2.45, 2.75) is 26.7 Å². The van der Waals surface area contributed by atoms with Gasteiger partial charge in [0.2, 0.25) is 0 Å². The molecule has 0 saturated carbocycles. The van der Waals surface area contributed by atoms with Crippen molar-refractivity contribution >= 4 is 10.8 Å². The third kappa shape index (κ3) is 1.95. The third-order valence-corrected chi connectivity index (χ3v) is 2.77. The molecule has 0 N–H and O–H groups in total. The molecule has 0 atom stereocenters. The molecule has 2 aromatic carbocycles. The van der Waals surface area contributed by atoms with Crippen LogP contribution in [0.3, 0.4) is 0 Å². The van der Waals surface area contributed by atoms with E-state index in [1.807, 2.05) is 0 Å². The SMILES string of the molecule is CCC#Cc1cccc2cccc(CC)c12. The molecule has 0 heterocycles. The molecule has 0 saturated heterocycles. The molecule has 0 bridgehead atoms. The Kier molecular flexibility index (Phi) is 3.27. The summed E-state index contributed by atoms with van der Waals surface area (Å²) >= 11 is 0. The molecule has 0 aliphatic heterocycles. The summed E-state index contributed by atoms with van der Waals surface area (Å²) in [6, 6.07) is 12.8. The Labute approximate surface area is 97.3 Å². The maximum atomic E-state index is 3.26. The molecule has 0 aliphatic rings. The molecule has 0 heteroatoms. The number of benzene rings is 2. The first kappa shape index (κ1) is 10.8. The number of hydrogen-bond acceptors (Lipinski definition) is 0. The van der Waals surface area contributed by atoms with E-state index in [-0.39, 0.29) is 0 Å². The van der Waals surface area contributed by atoms with Crippen LogP contribution in [0.5, 0.6) is 0 Å². The lowest BCUT2D eigenvalue weighted by atomic mass is 9.98. The fourth-order valence-electron chi connectivity index (χ4n) is 2.00. The average molecular weight is 208 g/mol. The number of hydrogen-bond donors (Lipinski definition) is 0. The van der Waals surface area contributed by atoms with E-state index in [1.165, 1.54) is 16.3 Å². The maximum absolute atomic E-state index is 3.26. The van der Waals surface area contributed by atoms with Gasteiger partial charge in [0.15, 0.2) is 0 Å². The quantitative estimate of drug-likeness (QED) is 0.617. The molecule has 2 aromatic rings. The van der Waals surface area contributed by atoms with Crippen LogP contribution in [0.2, 0.25) is 0 Å². The van der Waals surface area contributed by atoms with Crippen LogP contribution in [0.1, 0.15) is 31.4 Å². The van der Waals surface area contributed by atoms with Gasteiger partial charge in [-0.25, -0.2) is 0 Å². The Morgan fingerprint density at radius 3 is 2.44 bits per heavy atom. The third-order valence-electron chi connectivity index (χ3n) is 2.77. The molecule has 0 aromatic heterocycles. The summed E-state index contributed by atoms with van der Waals surface area (Å²) in [6.07, 6.45) is 1.97. The maximum Gasteiger partial charge on any atom is 0.0326 e. The van der Waals surface area contributed by atoms with E-state index in [1.54, 1.807) is 0 Å². The molecule has 0 radical (unpaired) electrons. The van der Waals surface area contributed by atoms with Gasteiger partial charge in [0, 0.05) is 17.4 Å². The first-order valence-electron chi connectivity index (χ1n) is 5.86. The van der Waals surface area contributed by atoms with Crippen molar-refractivity contribution in [3.05, 3.63) is 47.5 Å². The van der Waals surface area contributed by atoms with Crippen LogP contribution in [0.15, 0.2) is 36.4 Å². The first-order valence-corrected chi connectivity index (χ1v) is 5.86. The molecule has 0 aliphatic carbocycles. The second-order valence-corrected chi connectivity index (χ2v) is 3.83. The van der Waals surface area contributed by atoms with Crippen LogP contribution >= 0.6 is 0 Å². The van der Waals surface area contributed by atoms with Crippen LogP contribution in [-0.2, 0) is 6.42 Å². The van der Waals surface area contributed by atoms with Crippen LogP contribution in [0.4, 0.5) is 0 Å². The molecule has 0 amide bonds. The predicted molar refractivity (Wildman–Crippen MR) is 70.5 cm³/mol. The fraction of sp³-hybridized carbons (Fsp3) is 0.250. The highest BCUT2D eigenvalue weighted by Gasteiger charge is 2.02. The highest BCUT2D eigenvalue weighted by atomic mass is 14.1. The van der Waals surface area contributed by atoms with E-state index in [2.05, 4.69) is 62.1 Å². The Morgan fingerprint density at radius 2 is 1.75 bits per heavy atom. The van der Waals surface area contributed by atoms with E-state index in [9.17, 15) is 0 Å². The zero-order valence-corrected chi connectivity index (χ0v) is 9.88. The van der Waals surface area contributed by atoms with Gasteiger partial charge in [-0.15, -0.1) is 0 Å². The predicted octanol–water partition coefficient (Wildman–Crippen LogP) is 4.16. The van der Waals surface area contributed by atoms with Gasteiger partial charge in [-0.3, -0.25) is 0 Å². The van der Waals surface area contributed by atoms with Crippen LogP contribution < -0.4 is 0 Å². The molecule has 0 nitrogen and oxygen atoms in total. The van der Waals surface area contributed by atoms with Crippen LogP contribution in [0.25, 0.3) is 10.8 Å². The number of fused-ring (bicyclic) bond motifs is 1. The highest BCUT2D eigenvalue weighted by molar-refractivity contribution is 5.91. The van der Waals surface area contributed by atoms with Crippen molar-refractivity contribution in [3.8, 4) is 11.8 Å². The molecule has 2 rings (SSSR count). The molecule has 16 heavy (non-hydrogen) atoms. The second-order valence-electron chi connectivity index (χ2n) is 3.83. The molecular formula is C16H16. The standard InChI is InChI=1S/C16H16/c1-3-5-8-14-11-7-12-15-10-6-9-13(4-2)16(14)15/h6-7,9-12H,3-4H2,1-2H3. The first-order chi connectivity index (χ1) is 7.86. The van der Waals surface area contributed by atoms with E-state index in [0.717, 1.165) is 18.4 Å².